The van der Waals surface area contributed by atoms with Crippen LogP contribution in [0.15, 0.2) is 41.5 Å². The van der Waals surface area contributed by atoms with Crippen molar-refractivity contribution < 1.29 is 23.8 Å². The Bertz CT molecular complexity index is 880. The highest BCUT2D eigenvalue weighted by atomic mass is 16.5. The summed E-state index contributed by atoms with van der Waals surface area (Å²) in [5.41, 5.74) is 4.40. The number of benzene rings is 2. The molecule has 0 aliphatic heterocycles. The van der Waals surface area contributed by atoms with Crippen LogP contribution in [-0.4, -0.2) is 45.9 Å². The zero-order valence-corrected chi connectivity index (χ0v) is 16.2. The van der Waals surface area contributed by atoms with Gasteiger partial charge in [0.15, 0.2) is 11.5 Å². The van der Waals surface area contributed by atoms with Gasteiger partial charge in [0.1, 0.15) is 0 Å². The Labute approximate surface area is 163 Å². The van der Waals surface area contributed by atoms with E-state index in [1.807, 2.05) is 13.0 Å². The minimum absolute atomic E-state index is 0.201. The van der Waals surface area contributed by atoms with Gasteiger partial charge in [0.2, 0.25) is 5.75 Å². The van der Waals surface area contributed by atoms with Crippen molar-refractivity contribution in [2.24, 2.45) is 5.10 Å². The first kappa shape index (κ1) is 20.8. The van der Waals surface area contributed by atoms with Gasteiger partial charge in [0.05, 0.1) is 34.1 Å². The number of hydrogen-bond acceptors (Lipinski definition) is 6. The van der Waals surface area contributed by atoms with E-state index in [0.717, 1.165) is 5.56 Å². The van der Waals surface area contributed by atoms with Crippen molar-refractivity contribution in [2.45, 2.75) is 6.92 Å². The number of nitrogens with one attached hydrogen (secondary N) is 2. The summed E-state index contributed by atoms with van der Waals surface area (Å²) >= 11 is 0. The summed E-state index contributed by atoms with van der Waals surface area (Å²) in [5.74, 6) is 0.568. The van der Waals surface area contributed by atoms with Gasteiger partial charge < -0.3 is 19.5 Å². The predicted molar refractivity (Wildman–Crippen MR) is 105 cm³/mol. The van der Waals surface area contributed by atoms with Crippen LogP contribution >= 0.6 is 0 Å². The lowest BCUT2D eigenvalue weighted by Gasteiger charge is -2.13. The van der Waals surface area contributed by atoms with E-state index in [1.54, 1.807) is 30.3 Å². The van der Waals surface area contributed by atoms with E-state index in [0.29, 0.717) is 28.4 Å². The van der Waals surface area contributed by atoms with Crippen molar-refractivity contribution in [1.29, 1.82) is 0 Å². The fourth-order valence-electron chi connectivity index (χ4n) is 2.49. The molecule has 8 nitrogen and oxygen atoms in total. The number of nitrogens with zero attached hydrogens (tertiary/aromatic N) is 1. The topological polar surface area (TPSA) is 98.2 Å². The fourth-order valence-corrected chi connectivity index (χ4v) is 2.49. The van der Waals surface area contributed by atoms with Crippen molar-refractivity contribution in [2.75, 3.05) is 27.9 Å². The zero-order valence-electron chi connectivity index (χ0n) is 16.2. The van der Waals surface area contributed by atoms with Crippen molar-refractivity contribution in [1.82, 2.24) is 10.7 Å². The van der Waals surface area contributed by atoms with Crippen molar-refractivity contribution in [3.63, 3.8) is 0 Å². The highest BCUT2D eigenvalue weighted by Crippen LogP contribution is 2.38. The van der Waals surface area contributed by atoms with E-state index in [4.69, 9.17) is 14.2 Å². The van der Waals surface area contributed by atoms with Gasteiger partial charge in [0, 0.05) is 11.1 Å². The summed E-state index contributed by atoms with van der Waals surface area (Å²) in [4.78, 5) is 23.9. The van der Waals surface area contributed by atoms with Gasteiger partial charge in [-0.1, -0.05) is 17.7 Å². The average Bonchev–Trinajstić information content (AvgIpc) is 2.71. The molecule has 0 saturated carbocycles. The summed E-state index contributed by atoms with van der Waals surface area (Å²) in [6, 6.07) is 10.5. The van der Waals surface area contributed by atoms with Crippen LogP contribution in [0.25, 0.3) is 0 Å². The maximum absolute atomic E-state index is 12.0. The minimum atomic E-state index is -0.461. The molecule has 2 amide bonds. The lowest BCUT2D eigenvalue weighted by Crippen LogP contribution is -2.34. The van der Waals surface area contributed by atoms with Gasteiger partial charge in [-0.2, -0.15) is 5.10 Å². The molecule has 0 bridgehead atoms. The largest absolute Gasteiger partial charge is 0.493 e. The van der Waals surface area contributed by atoms with Gasteiger partial charge in [-0.25, -0.2) is 5.43 Å². The minimum Gasteiger partial charge on any atom is -0.493 e. The molecule has 0 aromatic heterocycles. The lowest BCUT2D eigenvalue weighted by atomic mass is 10.1. The van der Waals surface area contributed by atoms with E-state index in [2.05, 4.69) is 15.8 Å². The van der Waals surface area contributed by atoms with E-state index >= 15 is 0 Å². The second-order valence-electron chi connectivity index (χ2n) is 5.77. The smallest absolute Gasteiger partial charge is 0.259 e. The monoisotopic (exact) mass is 385 g/mol. The van der Waals surface area contributed by atoms with E-state index in [9.17, 15) is 9.59 Å². The van der Waals surface area contributed by atoms with Gasteiger partial charge in [0.25, 0.3) is 11.8 Å². The number of hydrogen-bond donors (Lipinski definition) is 2. The third kappa shape index (κ3) is 5.23. The number of ether oxygens (including phenoxy) is 3. The highest BCUT2D eigenvalue weighted by molar-refractivity contribution is 5.96. The Morgan fingerprint density at radius 2 is 1.79 bits per heavy atom. The molecule has 28 heavy (non-hydrogen) atoms. The Morgan fingerprint density at radius 3 is 2.43 bits per heavy atom. The van der Waals surface area contributed by atoms with Crippen molar-refractivity contribution in [3.8, 4) is 17.2 Å². The van der Waals surface area contributed by atoms with Crippen LogP contribution in [-0.2, 0) is 4.79 Å². The summed E-state index contributed by atoms with van der Waals surface area (Å²) in [5, 5.41) is 6.44. The molecule has 0 spiro atoms. The van der Waals surface area contributed by atoms with Gasteiger partial charge in [-0.05, 0) is 31.2 Å². The second-order valence-corrected chi connectivity index (χ2v) is 5.77. The average molecular weight is 385 g/mol. The summed E-state index contributed by atoms with van der Waals surface area (Å²) < 4.78 is 15.8. The standard InChI is InChI=1S/C20H23N3O5/c1-13-6-5-7-14(10-13)20(25)21-12-17(24)23-22-11-15-8-9-16(26-2)19(28-4)18(15)27-3/h5-11H,12H2,1-4H3,(H,21,25)(H,23,24)/b22-11-. The van der Waals surface area contributed by atoms with Crippen LogP contribution in [0.2, 0.25) is 0 Å². The maximum Gasteiger partial charge on any atom is 0.259 e. The number of carbonyl (C=O) groups is 2. The molecule has 2 aromatic carbocycles. The molecular weight excluding hydrogens is 362 g/mol. The maximum atomic E-state index is 12.0. The molecule has 2 aromatic rings. The molecule has 0 fully saturated rings. The summed E-state index contributed by atoms with van der Waals surface area (Å²) in [6.45, 7) is 1.69. The molecular formula is C20H23N3O5. The van der Waals surface area contributed by atoms with Crippen LogP contribution < -0.4 is 25.0 Å². The Balaban J connectivity index is 1.95. The molecule has 0 unspecified atom stereocenters. The van der Waals surface area contributed by atoms with Crippen LogP contribution in [0.4, 0.5) is 0 Å². The molecule has 2 rings (SSSR count). The Hall–Kier alpha value is -3.55. The summed E-state index contributed by atoms with van der Waals surface area (Å²) in [7, 11) is 4.52. The van der Waals surface area contributed by atoms with Crippen LogP contribution in [0, 0.1) is 6.92 Å². The van der Waals surface area contributed by atoms with Crippen LogP contribution in [0.1, 0.15) is 21.5 Å². The van der Waals surface area contributed by atoms with Gasteiger partial charge >= 0.3 is 0 Å². The lowest BCUT2D eigenvalue weighted by molar-refractivity contribution is -0.120. The normalized spacial score (nSPS) is 10.4. The quantitative estimate of drug-likeness (QED) is 0.534. The van der Waals surface area contributed by atoms with Gasteiger partial charge in [-0.3, -0.25) is 9.59 Å². The SMILES string of the molecule is COc1ccc(/C=N\NC(=O)CNC(=O)c2cccc(C)c2)c(OC)c1OC. The van der Waals surface area contributed by atoms with Crippen LogP contribution in [0.5, 0.6) is 17.2 Å². The number of hydrazone groups is 1. The highest BCUT2D eigenvalue weighted by Gasteiger charge is 2.14. The third-order valence-corrected chi connectivity index (χ3v) is 3.82. The molecule has 0 saturated heterocycles. The first-order chi connectivity index (χ1) is 13.5. The molecule has 0 radical (unpaired) electrons. The first-order valence-corrected chi connectivity index (χ1v) is 8.46. The Morgan fingerprint density at radius 1 is 1.04 bits per heavy atom. The first-order valence-electron chi connectivity index (χ1n) is 8.46. The molecule has 8 heteroatoms. The third-order valence-electron chi connectivity index (χ3n) is 3.82. The molecule has 0 atom stereocenters. The van der Waals surface area contributed by atoms with Gasteiger partial charge in [-0.15, -0.1) is 0 Å². The predicted octanol–water partition coefficient (Wildman–Crippen LogP) is 1.90. The van der Waals surface area contributed by atoms with E-state index in [1.165, 1.54) is 27.5 Å². The number of rotatable bonds is 8. The number of methoxy groups -OCH3 is 3. The molecule has 148 valence electrons. The van der Waals surface area contributed by atoms with E-state index < -0.39 is 5.91 Å². The zero-order chi connectivity index (χ0) is 20.5. The number of carbonyl (C=O) groups excluding carboxylic acids is 2. The van der Waals surface area contributed by atoms with Crippen molar-refractivity contribution >= 4 is 18.0 Å². The fraction of sp³-hybridized carbons (Fsp3) is 0.250. The molecule has 0 aliphatic rings. The summed E-state index contributed by atoms with van der Waals surface area (Å²) in [6.07, 6.45) is 1.42. The molecule has 2 N–H and O–H groups in total. The molecule has 0 heterocycles. The van der Waals surface area contributed by atoms with E-state index in [-0.39, 0.29) is 12.5 Å². The van der Waals surface area contributed by atoms with Crippen LogP contribution in [0.3, 0.4) is 0 Å². The molecule has 0 aliphatic carbocycles. The van der Waals surface area contributed by atoms with Crippen molar-refractivity contribution in [3.05, 3.63) is 53.1 Å². The number of aryl methyl sites for hydroxylation is 1. The Kier molecular flexibility index (Phi) is 7.38. The number of amides is 2. The second kappa shape index (κ2) is 9.96.